The number of hydrogen-bond acceptors (Lipinski definition) is 2. The van der Waals surface area contributed by atoms with Gasteiger partial charge in [-0.3, -0.25) is 4.79 Å². The van der Waals surface area contributed by atoms with Gasteiger partial charge in [0.2, 0.25) is 0 Å². The van der Waals surface area contributed by atoms with Crippen LogP contribution >= 0.6 is 22.6 Å². The lowest BCUT2D eigenvalue weighted by Crippen LogP contribution is -2.04. The summed E-state index contributed by atoms with van der Waals surface area (Å²) in [5.74, 6) is -0.177. The van der Waals surface area contributed by atoms with Crippen molar-refractivity contribution in [1.29, 1.82) is 0 Å². The van der Waals surface area contributed by atoms with Gasteiger partial charge in [-0.2, -0.15) is 0 Å². The van der Waals surface area contributed by atoms with Crippen LogP contribution < -0.4 is 0 Å². The molecule has 20 heavy (non-hydrogen) atoms. The van der Waals surface area contributed by atoms with Crippen molar-refractivity contribution >= 4 is 28.6 Å². The predicted molar refractivity (Wildman–Crippen MR) is 92.5 cm³/mol. The van der Waals surface area contributed by atoms with Crippen molar-refractivity contribution in [2.75, 3.05) is 11.5 Å². The average Bonchev–Trinajstić information content (AvgIpc) is 2.48. The Bertz CT molecular complexity index is 373. The molecular weight excluding hydrogens is 363 g/mol. The van der Waals surface area contributed by atoms with E-state index in [1.54, 1.807) is 0 Å². The lowest BCUT2D eigenvalue weighted by Gasteiger charge is -2.04. The van der Waals surface area contributed by atoms with Crippen LogP contribution in [0.4, 0.5) is 0 Å². The molecule has 1 rings (SSSR count). The monoisotopic (exact) mass is 388 g/mol. The Morgan fingerprint density at radius 3 is 2.10 bits per heavy atom. The number of hydrogen-bond donors (Lipinski definition) is 0. The molecule has 3 heteroatoms. The minimum atomic E-state index is -0.177. The molecule has 1 aromatic carbocycles. The van der Waals surface area contributed by atoms with Gasteiger partial charge in [0, 0.05) is 0 Å². The van der Waals surface area contributed by atoms with E-state index in [0.29, 0.717) is 6.42 Å². The molecule has 0 N–H and O–H groups in total. The zero-order chi connectivity index (χ0) is 14.6. The summed E-state index contributed by atoms with van der Waals surface area (Å²) in [7, 11) is 1.43. The van der Waals surface area contributed by atoms with Gasteiger partial charge in [0.25, 0.3) is 0 Å². The second kappa shape index (κ2) is 11.1. The molecule has 0 spiro atoms. The van der Waals surface area contributed by atoms with E-state index in [-0.39, 0.29) is 5.97 Å². The third-order valence-electron chi connectivity index (χ3n) is 3.45. The molecule has 0 amide bonds. The number of alkyl halides is 1. The highest BCUT2D eigenvalue weighted by Crippen LogP contribution is 2.12. The number of carbonyl (C=O) groups excluding carboxylic acids is 1. The van der Waals surface area contributed by atoms with Gasteiger partial charge in [-0.05, 0) is 34.8 Å². The van der Waals surface area contributed by atoms with Crippen LogP contribution in [-0.2, 0) is 22.4 Å². The van der Waals surface area contributed by atoms with E-state index >= 15 is 0 Å². The van der Waals surface area contributed by atoms with E-state index in [1.165, 1.54) is 55.6 Å². The van der Waals surface area contributed by atoms with Gasteiger partial charge < -0.3 is 4.74 Å². The average molecular weight is 388 g/mol. The van der Waals surface area contributed by atoms with E-state index in [2.05, 4.69) is 39.5 Å². The largest absolute Gasteiger partial charge is 0.469 e. The summed E-state index contributed by atoms with van der Waals surface area (Å²) in [5.41, 5.74) is 2.39. The lowest BCUT2D eigenvalue weighted by atomic mass is 10.0. The molecule has 0 aliphatic rings. The van der Waals surface area contributed by atoms with Gasteiger partial charge in [0.05, 0.1) is 13.5 Å². The molecule has 0 saturated carbocycles. The fourth-order valence-corrected chi connectivity index (χ4v) is 2.73. The first-order valence-electron chi connectivity index (χ1n) is 7.47. The van der Waals surface area contributed by atoms with Gasteiger partial charge in [0.15, 0.2) is 0 Å². The van der Waals surface area contributed by atoms with Crippen LogP contribution in [0, 0.1) is 0 Å². The molecule has 2 nitrogen and oxygen atoms in total. The number of aryl methyl sites for hydroxylation is 1. The number of unbranched alkanes of at least 4 members (excludes halogenated alkanes) is 5. The Hall–Kier alpha value is -0.580. The Morgan fingerprint density at radius 2 is 1.50 bits per heavy atom. The van der Waals surface area contributed by atoms with Gasteiger partial charge in [-0.25, -0.2) is 0 Å². The molecule has 0 heterocycles. The minimum Gasteiger partial charge on any atom is -0.469 e. The molecule has 0 fully saturated rings. The van der Waals surface area contributed by atoms with Crippen molar-refractivity contribution in [2.45, 2.75) is 51.4 Å². The predicted octanol–water partition coefficient (Wildman–Crippen LogP) is 4.72. The molecule has 1 aromatic rings. The van der Waals surface area contributed by atoms with Crippen molar-refractivity contribution in [1.82, 2.24) is 0 Å². The normalized spacial score (nSPS) is 10.5. The van der Waals surface area contributed by atoms with Crippen LogP contribution in [-0.4, -0.2) is 17.5 Å². The standard InChI is InChI=1S/C17H25IO2/c1-20-17(19)14-16-11-9-15(10-12-16)8-6-4-2-3-5-7-13-18/h9-12H,2-8,13-14H2,1H3. The summed E-state index contributed by atoms with van der Waals surface area (Å²) in [6, 6.07) is 8.34. The zero-order valence-electron chi connectivity index (χ0n) is 12.4. The van der Waals surface area contributed by atoms with E-state index in [0.717, 1.165) is 12.0 Å². The number of methoxy groups -OCH3 is 1. The second-order valence-electron chi connectivity index (χ2n) is 5.13. The SMILES string of the molecule is COC(=O)Cc1ccc(CCCCCCCCI)cc1. The highest BCUT2D eigenvalue weighted by molar-refractivity contribution is 14.1. The number of ether oxygens (including phenoxy) is 1. The van der Waals surface area contributed by atoms with E-state index < -0.39 is 0 Å². The molecule has 0 aromatic heterocycles. The quantitative estimate of drug-likeness (QED) is 0.251. The molecule has 0 radical (unpaired) electrons. The van der Waals surface area contributed by atoms with Crippen molar-refractivity contribution < 1.29 is 9.53 Å². The van der Waals surface area contributed by atoms with Crippen LogP contribution in [0.25, 0.3) is 0 Å². The minimum absolute atomic E-state index is 0.177. The van der Waals surface area contributed by atoms with Crippen molar-refractivity contribution in [3.63, 3.8) is 0 Å². The summed E-state index contributed by atoms with van der Waals surface area (Å²) in [5, 5.41) is 0. The molecular formula is C17H25IO2. The van der Waals surface area contributed by atoms with Gasteiger partial charge in [0.1, 0.15) is 0 Å². The highest BCUT2D eigenvalue weighted by atomic mass is 127. The fraction of sp³-hybridized carbons (Fsp3) is 0.588. The molecule has 0 aliphatic carbocycles. The first-order chi connectivity index (χ1) is 9.76. The third-order valence-corrected chi connectivity index (χ3v) is 4.21. The third kappa shape index (κ3) is 7.88. The molecule has 0 saturated heterocycles. The van der Waals surface area contributed by atoms with Crippen molar-refractivity contribution in [3.05, 3.63) is 35.4 Å². The Balaban J connectivity index is 2.16. The van der Waals surface area contributed by atoms with Crippen LogP contribution in [0.3, 0.4) is 0 Å². The summed E-state index contributed by atoms with van der Waals surface area (Å²) in [4.78, 5) is 11.2. The zero-order valence-corrected chi connectivity index (χ0v) is 14.5. The molecule has 0 atom stereocenters. The maximum atomic E-state index is 11.2. The maximum Gasteiger partial charge on any atom is 0.309 e. The van der Waals surface area contributed by atoms with Gasteiger partial charge in [-0.1, -0.05) is 72.5 Å². The van der Waals surface area contributed by atoms with Gasteiger partial charge in [-0.15, -0.1) is 0 Å². The summed E-state index contributed by atoms with van der Waals surface area (Å²) in [6.45, 7) is 0. The Labute approximate surface area is 136 Å². The number of carbonyl (C=O) groups is 1. The summed E-state index contributed by atoms with van der Waals surface area (Å²) in [6.07, 6.45) is 9.58. The lowest BCUT2D eigenvalue weighted by molar-refractivity contribution is -0.139. The first kappa shape index (κ1) is 17.5. The Kier molecular flexibility index (Phi) is 9.71. The molecule has 0 aliphatic heterocycles. The van der Waals surface area contributed by atoms with Crippen molar-refractivity contribution in [3.8, 4) is 0 Å². The van der Waals surface area contributed by atoms with E-state index in [1.807, 2.05) is 12.1 Å². The van der Waals surface area contributed by atoms with Crippen LogP contribution in [0.1, 0.15) is 49.7 Å². The number of rotatable bonds is 10. The molecule has 0 bridgehead atoms. The summed E-state index contributed by atoms with van der Waals surface area (Å²) < 4.78 is 5.95. The smallest absolute Gasteiger partial charge is 0.309 e. The van der Waals surface area contributed by atoms with Gasteiger partial charge >= 0.3 is 5.97 Å². The fourth-order valence-electron chi connectivity index (χ4n) is 2.19. The summed E-state index contributed by atoms with van der Waals surface area (Å²) >= 11 is 2.45. The number of benzene rings is 1. The Morgan fingerprint density at radius 1 is 0.950 bits per heavy atom. The second-order valence-corrected chi connectivity index (χ2v) is 6.21. The topological polar surface area (TPSA) is 26.3 Å². The first-order valence-corrected chi connectivity index (χ1v) is 8.99. The van der Waals surface area contributed by atoms with Crippen LogP contribution in [0.2, 0.25) is 0 Å². The maximum absolute atomic E-state index is 11.2. The van der Waals surface area contributed by atoms with Crippen LogP contribution in [0.15, 0.2) is 24.3 Å². The molecule has 112 valence electrons. The number of esters is 1. The highest BCUT2D eigenvalue weighted by Gasteiger charge is 2.02. The number of halogens is 1. The van der Waals surface area contributed by atoms with E-state index in [4.69, 9.17) is 0 Å². The van der Waals surface area contributed by atoms with E-state index in [9.17, 15) is 4.79 Å². The van der Waals surface area contributed by atoms with Crippen molar-refractivity contribution in [2.24, 2.45) is 0 Å². The molecule has 0 unspecified atom stereocenters. The van der Waals surface area contributed by atoms with Crippen LogP contribution in [0.5, 0.6) is 0 Å².